The van der Waals surface area contributed by atoms with E-state index in [-0.39, 0.29) is 19.1 Å². The first-order valence-electron chi connectivity index (χ1n) is 26.1. The third-order valence-electron chi connectivity index (χ3n) is 12.0. The summed E-state index contributed by atoms with van der Waals surface area (Å²) in [6, 6.07) is -0.761. The first-order chi connectivity index (χ1) is 29.0. The molecule has 8 nitrogen and oxygen atoms in total. The first-order valence-corrected chi connectivity index (χ1v) is 27.5. The van der Waals surface area contributed by atoms with Crippen molar-refractivity contribution in [1.82, 2.24) is 5.32 Å². The summed E-state index contributed by atoms with van der Waals surface area (Å²) in [4.78, 5) is 23.2. The third kappa shape index (κ3) is 45.3. The summed E-state index contributed by atoms with van der Waals surface area (Å²) in [5, 5.41) is 14.0. The molecule has 0 saturated heterocycles. The molecule has 0 bridgehead atoms. The summed E-state index contributed by atoms with van der Waals surface area (Å²) >= 11 is 0. The first kappa shape index (κ1) is 59.2. The van der Waals surface area contributed by atoms with Crippen LogP contribution in [0.2, 0.25) is 0 Å². The summed E-state index contributed by atoms with van der Waals surface area (Å²) in [6.45, 7) is 4.91. The zero-order chi connectivity index (χ0) is 44.3. The van der Waals surface area contributed by atoms with Crippen molar-refractivity contribution in [3.63, 3.8) is 0 Å². The second-order valence-electron chi connectivity index (χ2n) is 19.3. The van der Waals surface area contributed by atoms with Gasteiger partial charge in [-0.05, 0) is 38.5 Å². The molecule has 3 atom stereocenters. The SMILES string of the molecule is CCCCCCCCCCC/C=C\CCCCCCCC(=O)NC(COP(=O)(O)OCC[N+](C)(C)C)C(O)CCCCCCCCCCCCCCCCCCCCCC. The summed E-state index contributed by atoms with van der Waals surface area (Å²) in [6.07, 6.45) is 51.0. The molecule has 0 aromatic carbocycles. The highest BCUT2D eigenvalue weighted by Gasteiger charge is 2.28. The van der Waals surface area contributed by atoms with Gasteiger partial charge in [-0.1, -0.05) is 225 Å². The predicted molar refractivity (Wildman–Crippen MR) is 259 cm³/mol. The summed E-state index contributed by atoms with van der Waals surface area (Å²) in [5.41, 5.74) is 0. The Hall–Kier alpha value is -0.760. The van der Waals surface area contributed by atoms with E-state index in [0.717, 1.165) is 44.9 Å². The van der Waals surface area contributed by atoms with Crippen molar-refractivity contribution in [2.24, 2.45) is 0 Å². The second kappa shape index (κ2) is 43.5. The zero-order valence-corrected chi connectivity index (χ0v) is 41.6. The lowest BCUT2D eigenvalue weighted by Gasteiger charge is -2.26. The number of aliphatic hydroxyl groups is 1. The average Bonchev–Trinajstić information content (AvgIpc) is 3.20. The minimum absolute atomic E-state index is 0.0753. The number of amides is 1. The molecule has 0 spiro atoms. The van der Waals surface area contributed by atoms with Gasteiger partial charge in [0.15, 0.2) is 0 Å². The van der Waals surface area contributed by atoms with Crippen LogP contribution >= 0.6 is 7.82 Å². The normalized spacial score (nSPS) is 14.2. The third-order valence-corrected chi connectivity index (χ3v) is 13.0. The van der Waals surface area contributed by atoms with Gasteiger partial charge in [0.1, 0.15) is 13.2 Å². The standard InChI is InChI=1S/C51H103N2O6P/c1-6-8-10-12-14-16-18-20-22-24-26-27-28-30-32-34-36-38-40-42-44-50(54)49(48-59-60(56,57)58-47-46-53(3,4)5)52-51(55)45-43-41-39-37-35-33-31-29-25-23-21-19-17-15-13-11-9-7-2/h29,31,49-50,54H,6-28,30,32-48H2,1-5H3,(H-,52,55,56,57)/p+1/b31-29-. The average molecular weight is 872 g/mol. The molecule has 0 heterocycles. The van der Waals surface area contributed by atoms with E-state index in [0.29, 0.717) is 23.9 Å². The molecule has 3 unspecified atom stereocenters. The van der Waals surface area contributed by atoms with Gasteiger partial charge in [-0.25, -0.2) is 4.57 Å². The molecule has 0 rings (SSSR count). The molecule has 0 aliphatic rings. The smallest absolute Gasteiger partial charge is 0.391 e. The maximum atomic E-state index is 12.9. The molecule has 60 heavy (non-hydrogen) atoms. The lowest BCUT2D eigenvalue weighted by molar-refractivity contribution is -0.870. The second-order valence-corrected chi connectivity index (χ2v) is 20.7. The molecule has 1 amide bonds. The van der Waals surface area contributed by atoms with Crippen molar-refractivity contribution >= 4 is 13.7 Å². The fourth-order valence-electron chi connectivity index (χ4n) is 7.87. The van der Waals surface area contributed by atoms with Crippen LogP contribution in [0, 0.1) is 0 Å². The van der Waals surface area contributed by atoms with Crippen molar-refractivity contribution in [1.29, 1.82) is 0 Å². The van der Waals surface area contributed by atoms with Gasteiger partial charge < -0.3 is 19.8 Å². The highest BCUT2D eigenvalue weighted by atomic mass is 31.2. The van der Waals surface area contributed by atoms with Crippen LogP contribution < -0.4 is 5.32 Å². The number of quaternary nitrogens is 1. The molecular formula is C51H104N2O6P+. The quantitative estimate of drug-likeness (QED) is 0.0243. The Kier molecular flexibility index (Phi) is 42.9. The van der Waals surface area contributed by atoms with E-state index in [1.165, 1.54) is 186 Å². The summed E-state index contributed by atoms with van der Waals surface area (Å²) in [5.74, 6) is -0.149. The maximum Gasteiger partial charge on any atom is 0.472 e. The number of hydrogen-bond donors (Lipinski definition) is 3. The molecule has 9 heteroatoms. The topological polar surface area (TPSA) is 105 Å². The van der Waals surface area contributed by atoms with Crippen molar-refractivity contribution in [2.75, 3.05) is 40.9 Å². The fraction of sp³-hybridized carbons (Fsp3) is 0.941. The monoisotopic (exact) mass is 872 g/mol. The van der Waals surface area contributed by atoms with Crippen LogP contribution in [-0.2, 0) is 18.4 Å². The lowest BCUT2D eigenvalue weighted by atomic mass is 10.0. The molecule has 0 aliphatic heterocycles. The number of allylic oxidation sites excluding steroid dienone is 2. The Morgan fingerprint density at radius 2 is 0.900 bits per heavy atom. The summed E-state index contributed by atoms with van der Waals surface area (Å²) in [7, 11) is 1.62. The van der Waals surface area contributed by atoms with Crippen molar-refractivity contribution in [3.05, 3.63) is 12.2 Å². The number of nitrogens with one attached hydrogen (secondary N) is 1. The minimum Gasteiger partial charge on any atom is -0.391 e. The number of likely N-dealkylation sites (N-methyl/N-ethyl adjacent to an activating group) is 1. The summed E-state index contributed by atoms with van der Waals surface area (Å²) < 4.78 is 23.7. The van der Waals surface area contributed by atoms with E-state index in [9.17, 15) is 19.4 Å². The number of carbonyl (C=O) groups excluding carboxylic acids is 1. The largest absolute Gasteiger partial charge is 0.472 e. The highest BCUT2D eigenvalue weighted by molar-refractivity contribution is 7.47. The van der Waals surface area contributed by atoms with Gasteiger partial charge in [0.05, 0.1) is 39.9 Å². The van der Waals surface area contributed by atoms with Crippen LogP contribution in [0.5, 0.6) is 0 Å². The Balaban J connectivity index is 4.25. The van der Waals surface area contributed by atoms with E-state index in [1.807, 2.05) is 21.1 Å². The number of nitrogens with zero attached hydrogens (tertiary/aromatic N) is 1. The van der Waals surface area contributed by atoms with Crippen LogP contribution in [0.15, 0.2) is 12.2 Å². The van der Waals surface area contributed by atoms with Gasteiger partial charge in [0.25, 0.3) is 0 Å². The van der Waals surface area contributed by atoms with Crippen LogP contribution in [0.25, 0.3) is 0 Å². The number of hydrogen-bond acceptors (Lipinski definition) is 5. The Bertz CT molecular complexity index is 989. The van der Waals surface area contributed by atoms with Crippen LogP contribution in [-0.4, -0.2) is 73.4 Å². The molecule has 0 aliphatic carbocycles. The lowest BCUT2D eigenvalue weighted by Crippen LogP contribution is -2.46. The van der Waals surface area contributed by atoms with Gasteiger partial charge in [0.2, 0.25) is 5.91 Å². The molecule has 0 aromatic heterocycles. The van der Waals surface area contributed by atoms with E-state index >= 15 is 0 Å². The highest BCUT2D eigenvalue weighted by Crippen LogP contribution is 2.43. The number of aliphatic hydroxyl groups excluding tert-OH is 1. The number of phosphoric acid groups is 1. The van der Waals surface area contributed by atoms with E-state index in [2.05, 4.69) is 31.3 Å². The molecule has 358 valence electrons. The van der Waals surface area contributed by atoms with Gasteiger partial charge in [-0.3, -0.25) is 13.8 Å². The van der Waals surface area contributed by atoms with E-state index in [1.54, 1.807) is 0 Å². The molecule has 0 saturated carbocycles. The molecule has 3 N–H and O–H groups in total. The Morgan fingerprint density at radius 3 is 1.28 bits per heavy atom. The Morgan fingerprint density at radius 1 is 0.550 bits per heavy atom. The number of rotatable bonds is 48. The van der Waals surface area contributed by atoms with Crippen molar-refractivity contribution in [3.8, 4) is 0 Å². The Labute approximate surface area is 373 Å². The van der Waals surface area contributed by atoms with Crippen LogP contribution in [0.3, 0.4) is 0 Å². The zero-order valence-electron chi connectivity index (χ0n) is 40.7. The van der Waals surface area contributed by atoms with Crippen molar-refractivity contribution in [2.45, 2.75) is 270 Å². The minimum atomic E-state index is -4.32. The van der Waals surface area contributed by atoms with E-state index < -0.39 is 20.0 Å². The van der Waals surface area contributed by atoms with Gasteiger partial charge in [-0.2, -0.15) is 0 Å². The van der Waals surface area contributed by atoms with Crippen molar-refractivity contribution < 1.29 is 32.9 Å². The maximum absolute atomic E-state index is 12.9. The molecule has 0 aromatic rings. The van der Waals surface area contributed by atoms with Crippen LogP contribution in [0.4, 0.5) is 0 Å². The number of phosphoric ester groups is 1. The molecule has 0 radical (unpaired) electrons. The number of unbranched alkanes of at least 4 members (excludes halogenated alkanes) is 33. The van der Waals surface area contributed by atoms with Gasteiger partial charge in [-0.15, -0.1) is 0 Å². The van der Waals surface area contributed by atoms with Gasteiger partial charge in [0, 0.05) is 6.42 Å². The molecule has 0 fully saturated rings. The van der Waals surface area contributed by atoms with E-state index in [4.69, 9.17) is 9.05 Å². The van der Waals surface area contributed by atoms with Crippen LogP contribution in [0.1, 0.15) is 258 Å². The van der Waals surface area contributed by atoms with Gasteiger partial charge >= 0.3 is 7.82 Å². The predicted octanol–water partition coefficient (Wildman–Crippen LogP) is 15.1. The molecular weight excluding hydrogens is 768 g/mol. The number of carbonyl (C=O) groups is 1. The fourth-order valence-corrected chi connectivity index (χ4v) is 8.60.